The molecule has 0 unspecified atom stereocenters. The SMILES string of the molecule is Cn1c(=O)c2c(SCC(=O)Nc3ccc(Cl)c(Cl)c3)nc(-c3ccccc3)nc2n(C)c1=O. The van der Waals surface area contributed by atoms with Crippen LogP contribution in [0.25, 0.3) is 22.4 Å². The van der Waals surface area contributed by atoms with E-state index in [9.17, 15) is 14.4 Å². The summed E-state index contributed by atoms with van der Waals surface area (Å²) in [6, 6.07) is 14.0. The van der Waals surface area contributed by atoms with E-state index in [1.807, 2.05) is 30.3 Å². The highest BCUT2D eigenvalue weighted by atomic mass is 35.5. The van der Waals surface area contributed by atoms with Crippen molar-refractivity contribution >= 4 is 57.6 Å². The average molecular weight is 502 g/mol. The number of rotatable bonds is 5. The number of anilines is 1. The van der Waals surface area contributed by atoms with Gasteiger partial charge in [-0.25, -0.2) is 14.8 Å². The lowest BCUT2D eigenvalue weighted by Gasteiger charge is -2.12. The van der Waals surface area contributed by atoms with E-state index < -0.39 is 11.2 Å². The van der Waals surface area contributed by atoms with Crippen LogP contribution in [-0.2, 0) is 18.9 Å². The number of nitrogens with one attached hydrogen (secondary N) is 1. The van der Waals surface area contributed by atoms with E-state index >= 15 is 0 Å². The number of hydrogen-bond acceptors (Lipinski definition) is 6. The fourth-order valence-corrected chi connectivity index (χ4v) is 4.27. The summed E-state index contributed by atoms with van der Waals surface area (Å²) in [6.07, 6.45) is 0. The molecule has 0 radical (unpaired) electrons. The van der Waals surface area contributed by atoms with Gasteiger partial charge in [-0.15, -0.1) is 0 Å². The van der Waals surface area contributed by atoms with Crippen LogP contribution in [0.3, 0.4) is 0 Å². The molecule has 4 rings (SSSR count). The van der Waals surface area contributed by atoms with Crippen molar-refractivity contribution in [3.8, 4) is 11.4 Å². The van der Waals surface area contributed by atoms with Crippen molar-refractivity contribution in [1.82, 2.24) is 19.1 Å². The van der Waals surface area contributed by atoms with Crippen molar-refractivity contribution < 1.29 is 4.79 Å². The van der Waals surface area contributed by atoms with Gasteiger partial charge in [-0.05, 0) is 18.2 Å². The molecule has 0 aliphatic heterocycles. The number of carbonyl (C=O) groups is 1. The summed E-state index contributed by atoms with van der Waals surface area (Å²) < 4.78 is 2.29. The predicted molar refractivity (Wildman–Crippen MR) is 131 cm³/mol. The van der Waals surface area contributed by atoms with Gasteiger partial charge in [0.1, 0.15) is 10.4 Å². The number of benzene rings is 2. The second-order valence-electron chi connectivity index (χ2n) is 7.09. The van der Waals surface area contributed by atoms with Gasteiger partial charge in [0.05, 0.1) is 15.8 Å². The average Bonchev–Trinajstić information content (AvgIpc) is 2.82. The van der Waals surface area contributed by atoms with E-state index in [0.717, 1.165) is 21.9 Å². The van der Waals surface area contributed by atoms with E-state index in [4.69, 9.17) is 23.2 Å². The molecule has 0 spiro atoms. The Morgan fingerprint density at radius 1 is 1.00 bits per heavy atom. The quantitative estimate of drug-likeness (QED) is 0.330. The molecule has 8 nitrogen and oxygen atoms in total. The molecule has 2 aromatic carbocycles. The fourth-order valence-electron chi connectivity index (χ4n) is 3.15. The Labute approximate surface area is 202 Å². The lowest BCUT2D eigenvalue weighted by molar-refractivity contribution is -0.113. The molecule has 0 fully saturated rings. The highest BCUT2D eigenvalue weighted by molar-refractivity contribution is 8.00. The number of thioether (sulfide) groups is 1. The number of halogens is 2. The Kier molecular flexibility index (Phi) is 6.55. The van der Waals surface area contributed by atoms with Gasteiger partial charge in [-0.3, -0.25) is 18.7 Å². The first-order valence-corrected chi connectivity index (χ1v) is 11.4. The first kappa shape index (κ1) is 23.0. The zero-order valence-corrected chi connectivity index (χ0v) is 19.8. The first-order valence-electron chi connectivity index (χ1n) is 9.67. The minimum Gasteiger partial charge on any atom is -0.325 e. The third-order valence-corrected chi connectivity index (χ3v) is 6.56. The molecule has 0 atom stereocenters. The van der Waals surface area contributed by atoms with Crippen LogP contribution in [0.5, 0.6) is 0 Å². The molecule has 0 aliphatic carbocycles. The predicted octanol–water partition coefficient (Wildman–Crippen LogP) is 3.73. The number of nitrogens with zero attached hydrogens (tertiary/aromatic N) is 4. The molecule has 33 heavy (non-hydrogen) atoms. The Balaban J connectivity index is 1.73. The van der Waals surface area contributed by atoms with Crippen LogP contribution < -0.4 is 16.6 Å². The molecule has 1 N–H and O–H groups in total. The van der Waals surface area contributed by atoms with Crippen molar-refractivity contribution in [3.05, 3.63) is 79.4 Å². The number of fused-ring (bicyclic) bond motifs is 1. The molecule has 4 aromatic rings. The largest absolute Gasteiger partial charge is 0.332 e. The molecule has 1 amide bonds. The zero-order valence-electron chi connectivity index (χ0n) is 17.5. The lowest BCUT2D eigenvalue weighted by atomic mass is 10.2. The summed E-state index contributed by atoms with van der Waals surface area (Å²) in [6.45, 7) is 0. The molecule has 2 heterocycles. The smallest absolute Gasteiger partial charge is 0.325 e. The zero-order chi connectivity index (χ0) is 23.7. The van der Waals surface area contributed by atoms with Crippen molar-refractivity contribution in [2.45, 2.75) is 5.03 Å². The van der Waals surface area contributed by atoms with E-state index in [-0.39, 0.29) is 22.7 Å². The van der Waals surface area contributed by atoms with Crippen LogP contribution >= 0.6 is 35.0 Å². The Hall–Kier alpha value is -3.14. The van der Waals surface area contributed by atoms with Gasteiger partial charge in [0.25, 0.3) is 5.56 Å². The maximum atomic E-state index is 12.9. The molecule has 0 saturated carbocycles. The van der Waals surface area contributed by atoms with Gasteiger partial charge in [-0.1, -0.05) is 65.3 Å². The van der Waals surface area contributed by atoms with Crippen LogP contribution in [0.2, 0.25) is 10.0 Å². The molecule has 0 saturated heterocycles. The number of carbonyl (C=O) groups excluding carboxylic acids is 1. The lowest BCUT2D eigenvalue weighted by Crippen LogP contribution is -2.37. The van der Waals surface area contributed by atoms with E-state index in [2.05, 4.69) is 15.3 Å². The van der Waals surface area contributed by atoms with Crippen LogP contribution in [-0.4, -0.2) is 30.8 Å². The van der Waals surface area contributed by atoms with Crippen molar-refractivity contribution in [2.24, 2.45) is 14.1 Å². The number of aromatic nitrogens is 4. The molecule has 168 valence electrons. The molecule has 0 bridgehead atoms. The van der Waals surface area contributed by atoms with Crippen molar-refractivity contribution in [3.63, 3.8) is 0 Å². The highest BCUT2D eigenvalue weighted by Crippen LogP contribution is 2.27. The van der Waals surface area contributed by atoms with Crippen LogP contribution in [0, 0.1) is 0 Å². The third-order valence-electron chi connectivity index (χ3n) is 4.84. The van der Waals surface area contributed by atoms with Gasteiger partial charge in [0.15, 0.2) is 11.5 Å². The van der Waals surface area contributed by atoms with Gasteiger partial charge in [-0.2, -0.15) is 0 Å². The minimum atomic E-state index is -0.528. The van der Waals surface area contributed by atoms with Gasteiger partial charge in [0.2, 0.25) is 5.91 Å². The summed E-state index contributed by atoms with van der Waals surface area (Å²) in [5.74, 6) is -0.0149. The Morgan fingerprint density at radius 3 is 2.42 bits per heavy atom. The summed E-state index contributed by atoms with van der Waals surface area (Å²) in [5, 5.41) is 3.92. The van der Waals surface area contributed by atoms with Gasteiger partial charge >= 0.3 is 5.69 Å². The van der Waals surface area contributed by atoms with Gasteiger partial charge < -0.3 is 5.32 Å². The third kappa shape index (κ3) is 4.66. The Morgan fingerprint density at radius 2 is 1.73 bits per heavy atom. The van der Waals surface area contributed by atoms with E-state index in [1.54, 1.807) is 18.2 Å². The number of hydrogen-bond donors (Lipinski definition) is 1. The molecular formula is C22H17Cl2N5O3S. The minimum absolute atomic E-state index is 0.0351. The second kappa shape index (κ2) is 9.38. The second-order valence-corrected chi connectivity index (χ2v) is 8.87. The van der Waals surface area contributed by atoms with Crippen molar-refractivity contribution in [1.29, 1.82) is 0 Å². The standard InChI is InChI=1S/C22H17Cl2N5O3S/c1-28-19-17(21(31)29(2)22(28)32)20(27-18(26-19)12-6-4-3-5-7-12)33-11-16(30)25-13-8-9-14(23)15(24)10-13/h3-10H,11H2,1-2H3,(H,25,30). The van der Waals surface area contributed by atoms with Crippen LogP contribution in [0.1, 0.15) is 0 Å². The fraction of sp³-hybridized carbons (Fsp3) is 0.136. The van der Waals surface area contributed by atoms with Crippen LogP contribution in [0.15, 0.2) is 63.1 Å². The van der Waals surface area contributed by atoms with E-state index in [0.29, 0.717) is 26.6 Å². The highest BCUT2D eigenvalue weighted by Gasteiger charge is 2.19. The number of amides is 1. The maximum absolute atomic E-state index is 12.9. The molecule has 11 heteroatoms. The molecule has 2 aromatic heterocycles. The molecular weight excluding hydrogens is 485 g/mol. The van der Waals surface area contributed by atoms with Crippen LogP contribution in [0.4, 0.5) is 5.69 Å². The maximum Gasteiger partial charge on any atom is 0.332 e. The van der Waals surface area contributed by atoms with E-state index in [1.165, 1.54) is 18.7 Å². The summed E-state index contributed by atoms with van der Waals surface area (Å²) in [5.41, 5.74) is 0.378. The monoisotopic (exact) mass is 501 g/mol. The topological polar surface area (TPSA) is 98.9 Å². The summed E-state index contributed by atoms with van der Waals surface area (Å²) in [4.78, 5) is 46.9. The van der Waals surface area contributed by atoms with Crippen molar-refractivity contribution in [2.75, 3.05) is 11.1 Å². The normalized spacial score (nSPS) is 11.0. The summed E-state index contributed by atoms with van der Waals surface area (Å²) in [7, 11) is 2.93. The number of aryl methyl sites for hydroxylation is 1. The summed E-state index contributed by atoms with van der Waals surface area (Å²) >= 11 is 13.0. The van der Waals surface area contributed by atoms with Gasteiger partial charge in [0, 0.05) is 25.3 Å². The first-order chi connectivity index (χ1) is 15.8. The molecule has 0 aliphatic rings. The Bertz CT molecular complexity index is 1500.